The molecule has 1 amide bonds. The van der Waals surface area contributed by atoms with E-state index in [1.54, 1.807) is 0 Å². The highest BCUT2D eigenvalue weighted by Gasteiger charge is 2.23. The quantitative estimate of drug-likeness (QED) is 0.868. The summed E-state index contributed by atoms with van der Waals surface area (Å²) in [4.78, 5) is 12.1. The van der Waals surface area contributed by atoms with Gasteiger partial charge in [-0.05, 0) is 43.4 Å². The minimum Gasteiger partial charge on any atom is -0.353 e. The second-order valence-corrected chi connectivity index (χ2v) is 5.79. The Morgan fingerprint density at radius 2 is 1.95 bits per heavy atom. The van der Waals surface area contributed by atoms with E-state index in [1.807, 2.05) is 0 Å². The van der Waals surface area contributed by atoms with E-state index in [4.69, 9.17) is 0 Å². The van der Waals surface area contributed by atoms with Gasteiger partial charge in [-0.25, -0.2) is 0 Å². The van der Waals surface area contributed by atoms with Crippen molar-refractivity contribution in [3.8, 4) is 0 Å². The average Bonchev–Trinajstić information content (AvgIpc) is 2.81. The molecule has 3 heteroatoms. The lowest BCUT2D eigenvalue weighted by Gasteiger charge is -2.23. The van der Waals surface area contributed by atoms with Gasteiger partial charge in [0.2, 0.25) is 5.91 Å². The zero-order valence-electron chi connectivity index (χ0n) is 11.3. The zero-order valence-corrected chi connectivity index (χ0v) is 11.3. The summed E-state index contributed by atoms with van der Waals surface area (Å²) in [5, 5.41) is 6.63. The largest absolute Gasteiger partial charge is 0.353 e. The highest BCUT2D eigenvalue weighted by molar-refractivity contribution is 5.77. The van der Waals surface area contributed by atoms with Gasteiger partial charge in [-0.1, -0.05) is 30.7 Å². The molecule has 1 aromatic rings. The van der Waals surface area contributed by atoms with Gasteiger partial charge in [-0.2, -0.15) is 0 Å². The van der Waals surface area contributed by atoms with Crippen LogP contribution < -0.4 is 10.6 Å². The first-order valence-corrected chi connectivity index (χ1v) is 7.41. The van der Waals surface area contributed by atoms with Crippen LogP contribution in [0.25, 0.3) is 0 Å². The SMILES string of the molecule is O=C(CC1CCCCN1)NC1Cc2ccccc2C1. The lowest BCUT2D eigenvalue weighted by atomic mass is 10.0. The maximum atomic E-state index is 12.1. The third-order valence-electron chi connectivity index (χ3n) is 4.26. The number of amides is 1. The van der Waals surface area contributed by atoms with E-state index in [0.717, 1.165) is 25.8 Å². The predicted octanol–water partition coefficient (Wildman–Crippen LogP) is 1.80. The van der Waals surface area contributed by atoms with Gasteiger partial charge in [-0.3, -0.25) is 4.79 Å². The van der Waals surface area contributed by atoms with Crippen LogP contribution in [0.1, 0.15) is 36.8 Å². The van der Waals surface area contributed by atoms with Crippen molar-refractivity contribution in [2.75, 3.05) is 6.54 Å². The van der Waals surface area contributed by atoms with Crippen LogP contribution in [0.4, 0.5) is 0 Å². The first-order valence-electron chi connectivity index (χ1n) is 7.41. The molecule has 1 fully saturated rings. The molecule has 1 atom stereocenters. The molecule has 1 unspecified atom stereocenters. The van der Waals surface area contributed by atoms with Gasteiger partial charge in [0.1, 0.15) is 0 Å². The van der Waals surface area contributed by atoms with Gasteiger partial charge in [0, 0.05) is 18.5 Å². The second kappa shape index (κ2) is 5.74. The van der Waals surface area contributed by atoms with Gasteiger partial charge in [0.15, 0.2) is 0 Å². The number of fused-ring (bicyclic) bond motifs is 1. The molecule has 1 aromatic carbocycles. The van der Waals surface area contributed by atoms with Crippen molar-refractivity contribution in [3.05, 3.63) is 35.4 Å². The van der Waals surface area contributed by atoms with Crippen LogP contribution in [0, 0.1) is 0 Å². The molecule has 0 spiro atoms. The van der Waals surface area contributed by atoms with Crippen molar-refractivity contribution in [2.24, 2.45) is 0 Å². The summed E-state index contributed by atoms with van der Waals surface area (Å²) in [6.45, 7) is 1.06. The number of carbonyl (C=O) groups is 1. The van der Waals surface area contributed by atoms with E-state index in [1.165, 1.54) is 24.0 Å². The Morgan fingerprint density at radius 1 is 1.21 bits per heavy atom. The first-order chi connectivity index (χ1) is 9.31. The molecule has 19 heavy (non-hydrogen) atoms. The highest BCUT2D eigenvalue weighted by atomic mass is 16.1. The molecular weight excluding hydrogens is 236 g/mol. The van der Waals surface area contributed by atoms with Crippen LogP contribution in [0.2, 0.25) is 0 Å². The molecule has 0 saturated carbocycles. The number of rotatable bonds is 3. The fraction of sp³-hybridized carbons (Fsp3) is 0.562. The summed E-state index contributed by atoms with van der Waals surface area (Å²) in [6, 6.07) is 9.18. The summed E-state index contributed by atoms with van der Waals surface area (Å²) < 4.78 is 0. The Balaban J connectivity index is 1.49. The van der Waals surface area contributed by atoms with E-state index >= 15 is 0 Å². The van der Waals surface area contributed by atoms with Crippen molar-refractivity contribution in [2.45, 2.75) is 50.6 Å². The van der Waals surface area contributed by atoms with E-state index in [2.05, 4.69) is 34.9 Å². The Labute approximate surface area is 114 Å². The summed E-state index contributed by atoms with van der Waals surface area (Å²) in [5.74, 6) is 0.206. The lowest BCUT2D eigenvalue weighted by Crippen LogP contribution is -2.42. The molecule has 1 saturated heterocycles. The number of carbonyl (C=O) groups excluding carboxylic acids is 1. The fourth-order valence-electron chi connectivity index (χ4n) is 3.27. The van der Waals surface area contributed by atoms with Gasteiger partial charge >= 0.3 is 0 Å². The topological polar surface area (TPSA) is 41.1 Å². The molecule has 0 bridgehead atoms. The standard InChI is InChI=1S/C16H22N2O/c19-16(11-14-7-3-4-8-17-14)18-15-9-12-5-1-2-6-13(12)10-15/h1-2,5-6,14-15,17H,3-4,7-11H2,(H,18,19). The van der Waals surface area contributed by atoms with Gasteiger partial charge in [-0.15, -0.1) is 0 Å². The fourth-order valence-corrected chi connectivity index (χ4v) is 3.27. The van der Waals surface area contributed by atoms with Crippen LogP contribution in [0.5, 0.6) is 0 Å². The molecule has 2 aliphatic rings. The maximum Gasteiger partial charge on any atom is 0.221 e. The number of piperidine rings is 1. The monoisotopic (exact) mass is 258 g/mol. The highest BCUT2D eigenvalue weighted by Crippen LogP contribution is 2.21. The summed E-state index contributed by atoms with van der Waals surface area (Å²) in [6.07, 6.45) is 6.24. The van der Waals surface area contributed by atoms with Crippen molar-refractivity contribution in [3.63, 3.8) is 0 Å². The molecule has 0 aromatic heterocycles. The Kier molecular flexibility index (Phi) is 3.83. The molecule has 1 aliphatic carbocycles. The Bertz CT molecular complexity index is 427. The molecule has 1 aliphatic heterocycles. The van der Waals surface area contributed by atoms with Crippen LogP contribution in [0.15, 0.2) is 24.3 Å². The smallest absolute Gasteiger partial charge is 0.221 e. The third kappa shape index (κ3) is 3.16. The molecule has 2 N–H and O–H groups in total. The van der Waals surface area contributed by atoms with Crippen LogP contribution >= 0.6 is 0 Å². The van der Waals surface area contributed by atoms with E-state index in [-0.39, 0.29) is 5.91 Å². The minimum absolute atomic E-state index is 0.206. The number of benzene rings is 1. The predicted molar refractivity (Wildman–Crippen MR) is 76.0 cm³/mol. The minimum atomic E-state index is 0.206. The van der Waals surface area contributed by atoms with Crippen molar-refractivity contribution < 1.29 is 4.79 Å². The zero-order chi connectivity index (χ0) is 13.1. The molecule has 0 radical (unpaired) electrons. The Morgan fingerprint density at radius 3 is 2.58 bits per heavy atom. The van der Waals surface area contributed by atoms with E-state index in [0.29, 0.717) is 18.5 Å². The molecule has 3 nitrogen and oxygen atoms in total. The molecule has 102 valence electrons. The maximum absolute atomic E-state index is 12.1. The van der Waals surface area contributed by atoms with Gasteiger partial charge in [0.25, 0.3) is 0 Å². The normalized spacial score (nSPS) is 23.1. The molecular formula is C16H22N2O. The van der Waals surface area contributed by atoms with E-state index < -0.39 is 0 Å². The van der Waals surface area contributed by atoms with Crippen LogP contribution in [-0.4, -0.2) is 24.5 Å². The number of hydrogen-bond donors (Lipinski definition) is 2. The van der Waals surface area contributed by atoms with Crippen LogP contribution in [-0.2, 0) is 17.6 Å². The molecule has 3 rings (SSSR count). The Hall–Kier alpha value is -1.35. The van der Waals surface area contributed by atoms with E-state index in [9.17, 15) is 4.79 Å². The number of nitrogens with one attached hydrogen (secondary N) is 2. The average molecular weight is 258 g/mol. The number of hydrogen-bond acceptors (Lipinski definition) is 2. The van der Waals surface area contributed by atoms with Crippen LogP contribution in [0.3, 0.4) is 0 Å². The van der Waals surface area contributed by atoms with Crippen molar-refractivity contribution >= 4 is 5.91 Å². The third-order valence-corrected chi connectivity index (χ3v) is 4.26. The summed E-state index contributed by atoms with van der Waals surface area (Å²) in [5.41, 5.74) is 2.78. The second-order valence-electron chi connectivity index (χ2n) is 5.79. The van der Waals surface area contributed by atoms with Crippen molar-refractivity contribution in [1.82, 2.24) is 10.6 Å². The molecule has 1 heterocycles. The lowest BCUT2D eigenvalue weighted by molar-refractivity contribution is -0.122. The first kappa shape index (κ1) is 12.7. The van der Waals surface area contributed by atoms with Gasteiger partial charge < -0.3 is 10.6 Å². The van der Waals surface area contributed by atoms with Crippen molar-refractivity contribution in [1.29, 1.82) is 0 Å². The summed E-state index contributed by atoms with van der Waals surface area (Å²) >= 11 is 0. The van der Waals surface area contributed by atoms with Gasteiger partial charge in [0.05, 0.1) is 0 Å². The summed E-state index contributed by atoms with van der Waals surface area (Å²) in [7, 11) is 0.